The number of anilines is 1. The average molecular weight is 430 g/mol. The van der Waals surface area contributed by atoms with E-state index in [2.05, 4.69) is 22.0 Å². The molecule has 140 valence electrons. The summed E-state index contributed by atoms with van der Waals surface area (Å²) in [5, 5.41) is 9.74. The molecule has 2 aromatic carbocycles. The van der Waals surface area contributed by atoms with Crippen LogP contribution in [0.1, 0.15) is 17.0 Å². The zero-order chi connectivity index (χ0) is 19.7. The van der Waals surface area contributed by atoms with Crippen LogP contribution in [-0.2, 0) is 0 Å². The van der Waals surface area contributed by atoms with Crippen molar-refractivity contribution in [3.05, 3.63) is 57.4 Å². The summed E-state index contributed by atoms with van der Waals surface area (Å²) >= 11 is 3.52. The highest BCUT2D eigenvalue weighted by Crippen LogP contribution is 2.47. The van der Waals surface area contributed by atoms with Gasteiger partial charge in [-0.2, -0.15) is 5.26 Å². The Hall–Kier alpha value is -2.85. The van der Waals surface area contributed by atoms with Gasteiger partial charge in [0.1, 0.15) is 28.9 Å². The normalized spacial score (nSPS) is 15.5. The minimum atomic E-state index is -0.410. The first kappa shape index (κ1) is 18.9. The van der Waals surface area contributed by atoms with E-state index in [0.29, 0.717) is 22.8 Å². The molecule has 0 bridgehead atoms. The Morgan fingerprint density at radius 3 is 2.41 bits per heavy atom. The quantitative estimate of drug-likeness (QED) is 0.796. The molecule has 2 N–H and O–H groups in total. The van der Waals surface area contributed by atoms with Crippen LogP contribution < -0.4 is 24.8 Å². The molecule has 1 aliphatic rings. The Balaban J connectivity index is 2.26. The summed E-state index contributed by atoms with van der Waals surface area (Å²) in [6.07, 6.45) is 0. The van der Waals surface area contributed by atoms with Crippen LogP contribution in [0.4, 0.5) is 5.69 Å². The fourth-order valence-electron chi connectivity index (χ4n) is 3.15. The van der Waals surface area contributed by atoms with E-state index in [9.17, 15) is 5.26 Å². The Bertz CT molecular complexity index is 964. The van der Waals surface area contributed by atoms with Crippen molar-refractivity contribution in [3.8, 4) is 23.3 Å². The zero-order valence-electron chi connectivity index (χ0n) is 15.5. The lowest BCUT2D eigenvalue weighted by molar-refractivity contribution is 0.380. The summed E-state index contributed by atoms with van der Waals surface area (Å²) in [6.45, 7) is 0. The van der Waals surface area contributed by atoms with E-state index < -0.39 is 5.92 Å². The fraction of sp³-hybridized carbons (Fsp3) is 0.250. The van der Waals surface area contributed by atoms with Crippen molar-refractivity contribution >= 4 is 21.6 Å². The van der Waals surface area contributed by atoms with Crippen LogP contribution >= 0.6 is 15.9 Å². The number of methoxy groups -OCH3 is 2. The molecule has 0 fully saturated rings. The number of nitriles is 1. The van der Waals surface area contributed by atoms with Gasteiger partial charge in [-0.05, 0) is 28.1 Å². The molecule has 0 aromatic heterocycles. The number of fused-ring (bicyclic) bond motifs is 1. The molecule has 0 unspecified atom stereocenters. The molecule has 0 amide bonds. The highest BCUT2D eigenvalue weighted by molar-refractivity contribution is 9.10. The molecule has 7 heteroatoms. The third kappa shape index (κ3) is 3.28. The van der Waals surface area contributed by atoms with Gasteiger partial charge >= 0.3 is 0 Å². The molecule has 0 spiro atoms. The first-order valence-corrected chi connectivity index (χ1v) is 9.00. The maximum absolute atomic E-state index is 9.74. The maximum Gasteiger partial charge on any atom is 0.205 e. The second kappa shape index (κ2) is 7.41. The summed E-state index contributed by atoms with van der Waals surface area (Å²) in [5.74, 6) is 1.55. The number of nitrogens with zero attached hydrogens (tertiary/aromatic N) is 2. The van der Waals surface area contributed by atoms with Gasteiger partial charge in [0.15, 0.2) is 0 Å². The predicted octanol–water partition coefficient (Wildman–Crippen LogP) is 3.75. The monoisotopic (exact) mass is 429 g/mol. The van der Waals surface area contributed by atoms with Crippen molar-refractivity contribution in [1.82, 2.24) is 0 Å². The zero-order valence-corrected chi connectivity index (χ0v) is 17.1. The van der Waals surface area contributed by atoms with Crippen molar-refractivity contribution in [1.29, 1.82) is 5.26 Å². The number of nitrogens with two attached hydrogens (primary N) is 1. The molecule has 27 heavy (non-hydrogen) atoms. The van der Waals surface area contributed by atoms with Crippen molar-refractivity contribution in [2.75, 3.05) is 33.2 Å². The van der Waals surface area contributed by atoms with E-state index in [1.54, 1.807) is 20.3 Å². The Kier molecular flexibility index (Phi) is 5.19. The minimum absolute atomic E-state index is 0.0971. The van der Waals surface area contributed by atoms with Gasteiger partial charge in [-0.1, -0.05) is 6.07 Å². The minimum Gasteiger partial charge on any atom is -0.496 e. The van der Waals surface area contributed by atoms with Gasteiger partial charge in [0, 0.05) is 43.0 Å². The number of allylic oxidation sites excluding steroid dienone is 1. The van der Waals surface area contributed by atoms with E-state index in [1.807, 2.05) is 43.3 Å². The first-order valence-electron chi connectivity index (χ1n) is 8.21. The third-order valence-corrected chi connectivity index (χ3v) is 5.15. The van der Waals surface area contributed by atoms with E-state index in [0.717, 1.165) is 21.3 Å². The van der Waals surface area contributed by atoms with Crippen LogP contribution in [0.25, 0.3) is 0 Å². The van der Waals surface area contributed by atoms with E-state index >= 15 is 0 Å². The number of benzene rings is 2. The molecule has 0 radical (unpaired) electrons. The van der Waals surface area contributed by atoms with E-state index in [1.165, 1.54) is 0 Å². The van der Waals surface area contributed by atoms with Crippen LogP contribution in [0.2, 0.25) is 0 Å². The third-order valence-electron chi connectivity index (χ3n) is 4.53. The summed E-state index contributed by atoms with van der Waals surface area (Å²) in [4.78, 5) is 1.98. The second-order valence-corrected chi connectivity index (χ2v) is 7.12. The molecular formula is C20H20BrN3O3. The van der Waals surface area contributed by atoms with E-state index in [4.69, 9.17) is 19.9 Å². The fourth-order valence-corrected chi connectivity index (χ4v) is 3.67. The average Bonchev–Trinajstić information content (AvgIpc) is 2.66. The molecule has 1 atom stereocenters. The van der Waals surface area contributed by atoms with Crippen molar-refractivity contribution in [2.45, 2.75) is 5.92 Å². The first-order chi connectivity index (χ1) is 12.9. The topological polar surface area (TPSA) is 80.7 Å². The summed E-state index contributed by atoms with van der Waals surface area (Å²) in [7, 11) is 7.07. The van der Waals surface area contributed by atoms with Crippen LogP contribution in [0.3, 0.4) is 0 Å². The molecule has 2 aromatic rings. The smallest absolute Gasteiger partial charge is 0.205 e. The van der Waals surface area contributed by atoms with Gasteiger partial charge in [0.2, 0.25) is 5.88 Å². The lowest BCUT2D eigenvalue weighted by Crippen LogP contribution is -2.22. The molecular weight excluding hydrogens is 410 g/mol. The Labute approximate surface area is 166 Å². The van der Waals surface area contributed by atoms with Crippen LogP contribution in [0.5, 0.6) is 17.2 Å². The molecule has 1 aliphatic heterocycles. The van der Waals surface area contributed by atoms with E-state index in [-0.39, 0.29) is 5.88 Å². The highest BCUT2D eigenvalue weighted by atomic mass is 79.9. The summed E-state index contributed by atoms with van der Waals surface area (Å²) < 4.78 is 17.5. The number of ether oxygens (including phenoxy) is 3. The standard InChI is InChI=1S/C20H20BrN3O3/c1-24(2)11-5-6-12-17(7-11)27-20(23)14(10-22)19(12)13-8-15(21)18(26-4)9-16(13)25-3/h5-9,19H,23H2,1-4H3/t19-/m1/s1. The van der Waals surface area contributed by atoms with Crippen molar-refractivity contribution in [3.63, 3.8) is 0 Å². The predicted molar refractivity (Wildman–Crippen MR) is 107 cm³/mol. The van der Waals surface area contributed by atoms with Gasteiger partial charge in [-0.25, -0.2) is 0 Å². The van der Waals surface area contributed by atoms with Gasteiger partial charge in [-0.3, -0.25) is 0 Å². The van der Waals surface area contributed by atoms with Crippen LogP contribution in [0, 0.1) is 11.3 Å². The lowest BCUT2D eigenvalue weighted by atomic mass is 9.83. The van der Waals surface area contributed by atoms with Crippen LogP contribution in [-0.4, -0.2) is 28.3 Å². The Morgan fingerprint density at radius 1 is 1.11 bits per heavy atom. The number of rotatable bonds is 4. The van der Waals surface area contributed by atoms with Crippen molar-refractivity contribution in [2.24, 2.45) is 5.73 Å². The van der Waals surface area contributed by atoms with Gasteiger partial charge < -0.3 is 24.8 Å². The maximum atomic E-state index is 9.74. The van der Waals surface area contributed by atoms with Gasteiger partial charge in [-0.15, -0.1) is 0 Å². The van der Waals surface area contributed by atoms with Crippen molar-refractivity contribution < 1.29 is 14.2 Å². The molecule has 0 saturated carbocycles. The number of hydrogen-bond acceptors (Lipinski definition) is 6. The molecule has 0 aliphatic carbocycles. The summed E-state index contributed by atoms with van der Waals surface area (Å²) in [6, 6.07) is 11.7. The molecule has 6 nitrogen and oxygen atoms in total. The number of hydrogen-bond donors (Lipinski definition) is 1. The molecule has 3 rings (SSSR count). The van der Waals surface area contributed by atoms with Gasteiger partial charge in [0.05, 0.1) is 24.6 Å². The largest absolute Gasteiger partial charge is 0.496 e. The molecule has 1 heterocycles. The Morgan fingerprint density at radius 2 is 1.81 bits per heavy atom. The SMILES string of the molecule is COc1cc(OC)c([C@@H]2C(C#N)=C(N)Oc3cc(N(C)C)ccc32)cc1Br. The summed E-state index contributed by atoms with van der Waals surface area (Å²) in [5.41, 5.74) is 9.05. The highest BCUT2D eigenvalue weighted by Gasteiger charge is 2.33. The molecule has 0 saturated heterocycles. The van der Waals surface area contributed by atoms with Crippen LogP contribution in [0.15, 0.2) is 46.3 Å². The second-order valence-electron chi connectivity index (χ2n) is 6.27. The van der Waals surface area contributed by atoms with Gasteiger partial charge in [0.25, 0.3) is 0 Å². The lowest BCUT2D eigenvalue weighted by Gasteiger charge is -2.29. The number of halogens is 1.